The highest BCUT2D eigenvalue weighted by molar-refractivity contribution is 5.46. The maximum atomic E-state index is 5.46. The Hall–Kier alpha value is -1.55. The number of nitrogens with two attached hydrogens (primary N) is 1. The Morgan fingerprint density at radius 1 is 1.54 bits per heavy atom. The Labute approximate surface area is 76.0 Å². The van der Waals surface area contributed by atoms with E-state index in [1.165, 1.54) is 0 Å². The third-order valence-electron chi connectivity index (χ3n) is 1.83. The second-order valence-corrected chi connectivity index (χ2v) is 2.71. The van der Waals surface area contributed by atoms with E-state index in [1.54, 1.807) is 12.5 Å². The molecule has 0 atom stereocenters. The summed E-state index contributed by atoms with van der Waals surface area (Å²) >= 11 is 0. The zero-order valence-electron chi connectivity index (χ0n) is 7.18. The zero-order valence-corrected chi connectivity index (χ0v) is 7.18. The first-order valence-corrected chi connectivity index (χ1v) is 4.17. The molecular weight excluding hydrogens is 166 g/mol. The Kier molecular flexibility index (Phi) is 2.14. The van der Waals surface area contributed by atoms with Crippen molar-refractivity contribution >= 4 is 0 Å². The van der Waals surface area contributed by atoms with Crippen molar-refractivity contribution in [3.63, 3.8) is 0 Å². The van der Waals surface area contributed by atoms with Crippen molar-refractivity contribution in [1.29, 1.82) is 0 Å². The van der Waals surface area contributed by atoms with Crippen LogP contribution in [0, 0.1) is 0 Å². The molecular formula is C9H11N3O. The van der Waals surface area contributed by atoms with E-state index in [0.29, 0.717) is 6.54 Å². The van der Waals surface area contributed by atoms with E-state index in [1.807, 2.05) is 22.9 Å². The van der Waals surface area contributed by atoms with Gasteiger partial charge in [-0.05, 0) is 12.1 Å². The molecule has 0 aliphatic heterocycles. The summed E-state index contributed by atoms with van der Waals surface area (Å²) in [6.07, 6.45) is 5.27. The van der Waals surface area contributed by atoms with Crippen LogP contribution < -0.4 is 5.73 Å². The summed E-state index contributed by atoms with van der Waals surface area (Å²) in [5, 5.41) is 0. The average Bonchev–Trinajstić information content (AvgIpc) is 2.71. The monoisotopic (exact) mass is 177 g/mol. The van der Waals surface area contributed by atoms with E-state index < -0.39 is 0 Å². The lowest BCUT2D eigenvalue weighted by Crippen LogP contribution is -2.09. The van der Waals surface area contributed by atoms with Crippen LogP contribution >= 0.6 is 0 Å². The van der Waals surface area contributed by atoms with E-state index in [0.717, 1.165) is 18.1 Å². The first kappa shape index (κ1) is 8.07. The van der Waals surface area contributed by atoms with Crippen LogP contribution in [-0.4, -0.2) is 16.1 Å². The molecule has 2 rings (SSSR count). The Morgan fingerprint density at radius 2 is 2.46 bits per heavy atom. The summed E-state index contributed by atoms with van der Waals surface area (Å²) < 4.78 is 7.21. The zero-order chi connectivity index (χ0) is 9.10. The van der Waals surface area contributed by atoms with Gasteiger partial charge in [-0.1, -0.05) is 0 Å². The molecule has 0 aliphatic rings. The maximum Gasteiger partial charge on any atom is 0.176 e. The van der Waals surface area contributed by atoms with Gasteiger partial charge in [-0.15, -0.1) is 0 Å². The van der Waals surface area contributed by atoms with E-state index >= 15 is 0 Å². The minimum Gasteiger partial charge on any atom is -0.461 e. The van der Waals surface area contributed by atoms with E-state index in [9.17, 15) is 0 Å². The molecule has 0 radical (unpaired) electrons. The second-order valence-electron chi connectivity index (χ2n) is 2.71. The fraction of sp³-hybridized carbons (Fsp3) is 0.222. The molecule has 0 aliphatic carbocycles. The Balaban J connectivity index is 2.35. The van der Waals surface area contributed by atoms with E-state index in [4.69, 9.17) is 10.2 Å². The van der Waals surface area contributed by atoms with Gasteiger partial charge in [0.15, 0.2) is 11.6 Å². The van der Waals surface area contributed by atoms with Gasteiger partial charge in [0.25, 0.3) is 0 Å². The standard InChI is InChI=1S/C9H11N3O/c10-3-5-12-6-4-11-9(12)8-2-1-7-13-8/h1-2,4,6-7H,3,5,10H2. The molecule has 0 aromatic carbocycles. The van der Waals surface area contributed by atoms with Gasteiger partial charge in [-0.2, -0.15) is 0 Å². The fourth-order valence-corrected chi connectivity index (χ4v) is 1.26. The molecule has 0 spiro atoms. The highest BCUT2D eigenvalue weighted by atomic mass is 16.3. The van der Waals surface area contributed by atoms with Crippen LogP contribution in [0.5, 0.6) is 0 Å². The molecule has 2 aromatic rings. The van der Waals surface area contributed by atoms with Crippen LogP contribution in [0.4, 0.5) is 0 Å². The highest BCUT2D eigenvalue weighted by Crippen LogP contribution is 2.16. The van der Waals surface area contributed by atoms with Crippen LogP contribution in [-0.2, 0) is 6.54 Å². The summed E-state index contributed by atoms with van der Waals surface area (Å²) in [6, 6.07) is 3.73. The predicted molar refractivity (Wildman–Crippen MR) is 49.0 cm³/mol. The lowest BCUT2D eigenvalue weighted by molar-refractivity contribution is 0.568. The van der Waals surface area contributed by atoms with Crippen molar-refractivity contribution in [3.05, 3.63) is 30.8 Å². The summed E-state index contributed by atoms with van der Waals surface area (Å²) in [7, 11) is 0. The van der Waals surface area contributed by atoms with Crippen molar-refractivity contribution in [1.82, 2.24) is 9.55 Å². The van der Waals surface area contributed by atoms with Gasteiger partial charge < -0.3 is 14.7 Å². The lowest BCUT2D eigenvalue weighted by Gasteiger charge is -2.02. The Bertz CT molecular complexity index is 364. The van der Waals surface area contributed by atoms with Gasteiger partial charge in [0.05, 0.1) is 6.26 Å². The summed E-state index contributed by atoms with van der Waals surface area (Å²) in [4.78, 5) is 4.19. The van der Waals surface area contributed by atoms with Crippen molar-refractivity contribution < 1.29 is 4.42 Å². The van der Waals surface area contributed by atoms with Crippen LogP contribution in [0.15, 0.2) is 35.2 Å². The molecule has 4 heteroatoms. The average molecular weight is 177 g/mol. The second kappa shape index (κ2) is 3.45. The number of imidazole rings is 1. The predicted octanol–water partition coefficient (Wildman–Crippen LogP) is 1.10. The molecule has 0 saturated carbocycles. The van der Waals surface area contributed by atoms with Crippen LogP contribution in [0.1, 0.15) is 0 Å². The van der Waals surface area contributed by atoms with Gasteiger partial charge in [0, 0.05) is 25.5 Å². The normalized spacial score (nSPS) is 10.5. The molecule has 0 unspecified atom stereocenters. The molecule has 13 heavy (non-hydrogen) atoms. The van der Waals surface area contributed by atoms with Crippen LogP contribution in [0.3, 0.4) is 0 Å². The first-order valence-electron chi connectivity index (χ1n) is 4.17. The van der Waals surface area contributed by atoms with E-state index in [2.05, 4.69) is 4.98 Å². The Morgan fingerprint density at radius 3 is 3.15 bits per heavy atom. The van der Waals surface area contributed by atoms with Crippen molar-refractivity contribution in [2.45, 2.75) is 6.54 Å². The number of nitrogens with zero attached hydrogens (tertiary/aromatic N) is 2. The minimum atomic E-state index is 0.601. The van der Waals surface area contributed by atoms with Gasteiger partial charge in [0.1, 0.15) is 0 Å². The van der Waals surface area contributed by atoms with Crippen molar-refractivity contribution in [2.75, 3.05) is 6.54 Å². The van der Waals surface area contributed by atoms with Gasteiger partial charge in [-0.3, -0.25) is 0 Å². The SMILES string of the molecule is NCCn1ccnc1-c1ccco1. The molecule has 2 heterocycles. The lowest BCUT2D eigenvalue weighted by atomic mass is 10.4. The number of aromatic nitrogens is 2. The van der Waals surface area contributed by atoms with Crippen molar-refractivity contribution in [2.24, 2.45) is 5.73 Å². The quantitative estimate of drug-likeness (QED) is 0.763. The summed E-state index contributed by atoms with van der Waals surface area (Å²) in [5.74, 6) is 1.61. The van der Waals surface area contributed by atoms with Gasteiger partial charge >= 0.3 is 0 Å². The molecule has 0 saturated heterocycles. The van der Waals surface area contributed by atoms with Crippen LogP contribution in [0.25, 0.3) is 11.6 Å². The topological polar surface area (TPSA) is 57.0 Å². The number of hydrogen-bond acceptors (Lipinski definition) is 3. The molecule has 2 N–H and O–H groups in total. The molecule has 0 amide bonds. The number of rotatable bonds is 3. The molecule has 4 nitrogen and oxygen atoms in total. The molecule has 0 bridgehead atoms. The molecule has 0 fully saturated rings. The minimum absolute atomic E-state index is 0.601. The largest absolute Gasteiger partial charge is 0.461 e. The third-order valence-corrected chi connectivity index (χ3v) is 1.83. The fourth-order valence-electron chi connectivity index (χ4n) is 1.26. The highest BCUT2D eigenvalue weighted by Gasteiger charge is 2.06. The number of hydrogen-bond donors (Lipinski definition) is 1. The maximum absolute atomic E-state index is 5.46. The summed E-state index contributed by atoms with van der Waals surface area (Å²) in [5.41, 5.74) is 5.46. The summed E-state index contributed by atoms with van der Waals surface area (Å²) in [6.45, 7) is 1.36. The third kappa shape index (κ3) is 1.48. The smallest absolute Gasteiger partial charge is 0.176 e. The van der Waals surface area contributed by atoms with Gasteiger partial charge in [0.2, 0.25) is 0 Å². The molecule has 2 aromatic heterocycles. The first-order chi connectivity index (χ1) is 6.42. The van der Waals surface area contributed by atoms with Crippen LogP contribution in [0.2, 0.25) is 0 Å². The van der Waals surface area contributed by atoms with Gasteiger partial charge in [-0.25, -0.2) is 4.98 Å². The van der Waals surface area contributed by atoms with E-state index in [-0.39, 0.29) is 0 Å². The number of furan rings is 1. The molecule has 68 valence electrons. The van der Waals surface area contributed by atoms with Crippen molar-refractivity contribution in [3.8, 4) is 11.6 Å².